The number of ether oxygens (including phenoxy) is 1. The maximum Gasteiger partial charge on any atom is 0.315 e. The predicted molar refractivity (Wildman–Crippen MR) is 87.1 cm³/mol. The molecular weight excluding hydrogens is 294 g/mol. The van der Waals surface area contributed by atoms with Crippen molar-refractivity contribution in [2.45, 2.75) is 50.3 Å². The van der Waals surface area contributed by atoms with Gasteiger partial charge < -0.3 is 20.7 Å². The molecule has 3 heterocycles. The van der Waals surface area contributed by atoms with E-state index in [1.165, 1.54) is 0 Å². The molecule has 0 saturated carbocycles. The topological polar surface area (TPSA) is 80.2 Å². The van der Waals surface area contributed by atoms with Crippen molar-refractivity contribution >= 4 is 6.03 Å². The van der Waals surface area contributed by atoms with Gasteiger partial charge in [0, 0.05) is 31.4 Å². The van der Waals surface area contributed by atoms with Crippen LogP contribution < -0.4 is 16.0 Å². The molecule has 2 atom stereocenters. The molecule has 0 bridgehead atoms. The largest absolute Gasteiger partial charge is 0.372 e. The third-order valence-electron chi connectivity index (χ3n) is 4.93. The van der Waals surface area contributed by atoms with E-state index in [-0.39, 0.29) is 23.7 Å². The molecular formula is C16H27N5O2. The van der Waals surface area contributed by atoms with E-state index in [1.54, 1.807) is 6.20 Å². The Hall–Kier alpha value is -1.60. The first-order valence-corrected chi connectivity index (χ1v) is 8.45. The second-order valence-electron chi connectivity index (χ2n) is 6.87. The fourth-order valence-corrected chi connectivity index (χ4v) is 3.43. The number of rotatable bonds is 3. The number of urea groups is 1. The number of hydrogen-bond acceptors (Lipinski definition) is 4. The first-order chi connectivity index (χ1) is 11.1. The highest BCUT2D eigenvalue weighted by molar-refractivity contribution is 5.75. The van der Waals surface area contributed by atoms with Gasteiger partial charge in [0.2, 0.25) is 0 Å². The van der Waals surface area contributed by atoms with Crippen LogP contribution in [0.1, 0.15) is 44.4 Å². The first-order valence-electron chi connectivity index (χ1n) is 8.45. The van der Waals surface area contributed by atoms with Gasteiger partial charge in [-0.15, -0.1) is 0 Å². The van der Waals surface area contributed by atoms with Gasteiger partial charge in [-0.05, 0) is 51.8 Å². The van der Waals surface area contributed by atoms with Crippen LogP contribution in [0.4, 0.5) is 4.79 Å². The number of piperidine rings is 1. The summed E-state index contributed by atoms with van der Waals surface area (Å²) in [6.45, 7) is 4.69. The fraction of sp³-hybridized carbons (Fsp3) is 0.750. The van der Waals surface area contributed by atoms with E-state index in [9.17, 15) is 4.79 Å². The van der Waals surface area contributed by atoms with Gasteiger partial charge in [-0.3, -0.25) is 4.68 Å². The Morgan fingerprint density at radius 2 is 2.26 bits per heavy atom. The molecule has 2 fully saturated rings. The molecule has 7 heteroatoms. The average molecular weight is 321 g/mol. The van der Waals surface area contributed by atoms with Crippen LogP contribution in [0, 0.1) is 0 Å². The number of nitrogens with one attached hydrogen (secondary N) is 3. The number of aryl methyl sites for hydroxylation is 1. The van der Waals surface area contributed by atoms with Crippen molar-refractivity contribution in [3.63, 3.8) is 0 Å². The van der Waals surface area contributed by atoms with Crippen LogP contribution in [0.15, 0.2) is 12.3 Å². The van der Waals surface area contributed by atoms with Gasteiger partial charge in [-0.2, -0.15) is 5.10 Å². The molecule has 7 nitrogen and oxygen atoms in total. The number of carbonyl (C=O) groups excluding carboxylic acids is 1. The second kappa shape index (κ2) is 6.88. The fourth-order valence-electron chi connectivity index (χ4n) is 3.43. The number of nitrogens with zero attached hydrogens (tertiary/aromatic N) is 2. The summed E-state index contributed by atoms with van der Waals surface area (Å²) in [5.41, 5.74) is 0.948. The molecule has 3 rings (SSSR count). The monoisotopic (exact) mass is 321 g/mol. The summed E-state index contributed by atoms with van der Waals surface area (Å²) in [6.07, 6.45) is 5.33. The quantitative estimate of drug-likeness (QED) is 0.778. The predicted octanol–water partition coefficient (Wildman–Crippen LogP) is 1.08. The van der Waals surface area contributed by atoms with Gasteiger partial charge in [-0.25, -0.2) is 4.79 Å². The van der Waals surface area contributed by atoms with Gasteiger partial charge in [0.25, 0.3) is 0 Å². The molecule has 0 aliphatic carbocycles. The Morgan fingerprint density at radius 1 is 1.48 bits per heavy atom. The number of aromatic nitrogens is 2. The van der Waals surface area contributed by atoms with Crippen LogP contribution in [0.5, 0.6) is 0 Å². The summed E-state index contributed by atoms with van der Waals surface area (Å²) in [7, 11) is 1.92. The zero-order chi connectivity index (χ0) is 16.3. The van der Waals surface area contributed by atoms with Crippen LogP contribution in [0.25, 0.3) is 0 Å². The number of hydrogen-bond donors (Lipinski definition) is 3. The van der Waals surface area contributed by atoms with Gasteiger partial charge in [-0.1, -0.05) is 0 Å². The Balaban J connectivity index is 1.53. The maximum atomic E-state index is 12.3. The number of carbonyl (C=O) groups is 1. The van der Waals surface area contributed by atoms with Crippen LogP contribution in [-0.4, -0.2) is 47.1 Å². The molecule has 1 aromatic heterocycles. The smallest absolute Gasteiger partial charge is 0.315 e. The summed E-state index contributed by atoms with van der Waals surface area (Å²) in [6, 6.07) is 2.04. The van der Waals surface area contributed by atoms with E-state index in [0.717, 1.165) is 44.5 Å². The van der Waals surface area contributed by atoms with E-state index in [2.05, 4.69) is 28.0 Å². The van der Waals surface area contributed by atoms with Gasteiger partial charge in [0.05, 0.1) is 5.69 Å². The molecule has 1 aromatic rings. The van der Waals surface area contributed by atoms with Gasteiger partial charge in [0.1, 0.15) is 6.10 Å². The summed E-state index contributed by atoms with van der Waals surface area (Å²) >= 11 is 0. The highest BCUT2D eigenvalue weighted by Gasteiger charge is 2.31. The van der Waals surface area contributed by atoms with Crippen molar-refractivity contribution in [3.05, 3.63) is 18.0 Å². The van der Waals surface area contributed by atoms with Crippen molar-refractivity contribution in [3.8, 4) is 0 Å². The minimum Gasteiger partial charge on any atom is -0.372 e. The lowest BCUT2D eigenvalue weighted by molar-refractivity contribution is -0.00247. The zero-order valence-corrected chi connectivity index (χ0v) is 14.0. The summed E-state index contributed by atoms with van der Waals surface area (Å²) in [4.78, 5) is 12.3. The zero-order valence-electron chi connectivity index (χ0n) is 14.0. The van der Waals surface area contributed by atoms with E-state index in [4.69, 9.17) is 4.74 Å². The van der Waals surface area contributed by atoms with Crippen molar-refractivity contribution in [2.75, 3.05) is 19.7 Å². The van der Waals surface area contributed by atoms with E-state index < -0.39 is 0 Å². The molecule has 0 aromatic carbocycles. The Labute approximate surface area is 137 Å². The average Bonchev–Trinajstić information content (AvgIpc) is 2.93. The van der Waals surface area contributed by atoms with Gasteiger partial charge in [0.15, 0.2) is 0 Å². The second-order valence-corrected chi connectivity index (χ2v) is 6.87. The molecule has 2 unspecified atom stereocenters. The molecule has 0 spiro atoms. The van der Waals surface area contributed by atoms with Crippen molar-refractivity contribution in [2.24, 2.45) is 7.05 Å². The number of amides is 2. The Morgan fingerprint density at radius 3 is 2.96 bits per heavy atom. The van der Waals surface area contributed by atoms with Crippen molar-refractivity contribution in [1.82, 2.24) is 25.7 Å². The first kappa shape index (κ1) is 16.3. The minimum absolute atomic E-state index is 0.00369. The Kier molecular flexibility index (Phi) is 4.87. The maximum absolute atomic E-state index is 12.3. The summed E-state index contributed by atoms with van der Waals surface area (Å²) < 4.78 is 7.68. The molecule has 2 amide bonds. The van der Waals surface area contributed by atoms with E-state index >= 15 is 0 Å². The molecule has 23 heavy (non-hydrogen) atoms. The van der Waals surface area contributed by atoms with Crippen molar-refractivity contribution < 1.29 is 9.53 Å². The molecule has 128 valence electrons. The van der Waals surface area contributed by atoms with Gasteiger partial charge >= 0.3 is 6.03 Å². The van der Waals surface area contributed by atoms with E-state index in [0.29, 0.717) is 6.61 Å². The highest BCUT2D eigenvalue weighted by atomic mass is 16.5. The van der Waals surface area contributed by atoms with Crippen LogP contribution in [0.2, 0.25) is 0 Å². The minimum atomic E-state index is -0.109. The molecule has 2 aliphatic heterocycles. The highest BCUT2D eigenvalue weighted by Crippen LogP contribution is 2.27. The molecule has 2 saturated heterocycles. The van der Waals surface area contributed by atoms with Crippen molar-refractivity contribution in [1.29, 1.82) is 0 Å². The van der Waals surface area contributed by atoms with Crippen LogP contribution in [-0.2, 0) is 11.8 Å². The summed E-state index contributed by atoms with van der Waals surface area (Å²) in [5, 5.41) is 13.8. The normalized spacial score (nSPS) is 27.4. The molecule has 3 N–H and O–H groups in total. The SMILES string of the molecule is Cn1nccc1C1CC(NC(=O)NC2(C)CCNCC2)CCO1. The molecule has 0 radical (unpaired) electrons. The lowest BCUT2D eigenvalue weighted by Crippen LogP contribution is -2.56. The third-order valence-corrected chi connectivity index (χ3v) is 4.93. The van der Waals surface area contributed by atoms with E-state index in [1.807, 2.05) is 17.8 Å². The van der Waals surface area contributed by atoms with Crippen LogP contribution >= 0.6 is 0 Å². The third kappa shape index (κ3) is 4.03. The standard InChI is InChI=1S/C16H27N5O2/c1-16(5-8-17-9-6-16)20-15(22)19-12-4-10-23-14(11-12)13-3-7-18-21(13)2/h3,7,12,14,17H,4-6,8-11H2,1-2H3,(H2,19,20,22). The molecule has 2 aliphatic rings. The summed E-state index contributed by atoms with van der Waals surface area (Å²) in [5.74, 6) is 0. The van der Waals surface area contributed by atoms with Crippen LogP contribution in [0.3, 0.4) is 0 Å². The lowest BCUT2D eigenvalue weighted by atomic mass is 9.91. The Bertz CT molecular complexity index is 538. The lowest BCUT2D eigenvalue weighted by Gasteiger charge is -2.36.